The maximum Gasteiger partial charge on any atom is 0.0276 e. The van der Waals surface area contributed by atoms with E-state index in [-0.39, 0.29) is 0 Å². The Balaban J connectivity index is 3.47. The Kier molecular flexibility index (Phi) is 4.37. The highest BCUT2D eigenvalue weighted by molar-refractivity contribution is 5.81. The van der Waals surface area contributed by atoms with Gasteiger partial charge >= 0.3 is 0 Å². The van der Waals surface area contributed by atoms with E-state index < -0.39 is 0 Å². The lowest BCUT2D eigenvalue weighted by molar-refractivity contribution is 0.586. The second-order valence-electron chi connectivity index (χ2n) is 2.68. The summed E-state index contributed by atoms with van der Waals surface area (Å²) in [4.78, 5) is 4.09. The summed E-state index contributed by atoms with van der Waals surface area (Å²) in [5.41, 5.74) is 1.27. The molecular weight excluding hydrogens is 110 g/mol. The van der Waals surface area contributed by atoms with Crippen LogP contribution in [-0.2, 0) is 0 Å². The molecule has 0 rings (SSSR count). The summed E-state index contributed by atoms with van der Waals surface area (Å²) in [6.45, 7) is 6.56. The van der Waals surface area contributed by atoms with Crippen molar-refractivity contribution in [3.8, 4) is 0 Å². The van der Waals surface area contributed by atoms with Crippen LogP contribution in [0.4, 0.5) is 0 Å². The van der Waals surface area contributed by atoms with Crippen LogP contribution >= 0.6 is 0 Å². The van der Waals surface area contributed by atoms with Crippen molar-refractivity contribution in [2.45, 2.75) is 33.6 Å². The molecule has 1 heteroatoms. The summed E-state index contributed by atoms with van der Waals surface area (Å²) in [5.74, 6) is 0.800. The zero-order chi connectivity index (χ0) is 7.28. The van der Waals surface area contributed by atoms with E-state index in [2.05, 4.69) is 25.8 Å². The maximum absolute atomic E-state index is 4.09. The number of nitrogens with zero attached hydrogens (tertiary/aromatic N) is 1. The van der Waals surface area contributed by atoms with Crippen molar-refractivity contribution < 1.29 is 0 Å². The second-order valence-corrected chi connectivity index (χ2v) is 2.68. The molecule has 0 aromatic heterocycles. The molecule has 0 saturated carbocycles. The number of aliphatic imine (C=N–C) groups is 1. The molecule has 54 valence electrons. The largest absolute Gasteiger partial charge is 0.298 e. The third-order valence-electron chi connectivity index (χ3n) is 1.72. The van der Waals surface area contributed by atoms with Crippen molar-refractivity contribution in [2.24, 2.45) is 10.9 Å². The smallest absolute Gasteiger partial charge is 0.0276 e. The lowest BCUT2D eigenvalue weighted by Crippen LogP contribution is -1.99. The van der Waals surface area contributed by atoms with Crippen LogP contribution in [0.15, 0.2) is 4.99 Å². The minimum Gasteiger partial charge on any atom is -0.298 e. The third kappa shape index (κ3) is 4.19. The summed E-state index contributed by atoms with van der Waals surface area (Å²) in [7, 11) is 1.86. The van der Waals surface area contributed by atoms with Crippen LogP contribution < -0.4 is 0 Å². The summed E-state index contributed by atoms with van der Waals surface area (Å²) in [5, 5.41) is 0. The number of hydrogen-bond donors (Lipinski definition) is 0. The average molecular weight is 127 g/mol. The SMILES string of the molecule is CCC(C)C/C(C)=N/C. The van der Waals surface area contributed by atoms with E-state index in [1.807, 2.05) is 7.05 Å². The molecular formula is C8H17N. The summed E-state index contributed by atoms with van der Waals surface area (Å²) in [6.07, 6.45) is 2.42. The molecule has 0 N–H and O–H groups in total. The molecule has 0 aliphatic heterocycles. The summed E-state index contributed by atoms with van der Waals surface area (Å²) < 4.78 is 0. The summed E-state index contributed by atoms with van der Waals surface area (Å²) in [6, 6.07) is 0. The molecule has 0 fully saturated rings. The minimum atomic E-state index is 0.800. The van der Waals surface area contributed by atoms with Crippen molar-refractivity contribution in [3.05, 3.63) is 0 Å². The lowest BCUT2D eigenvalue weighted by atomic mass is 10.0. The predicted molar refractivity (Wildman–Crippen MR) is 43.1 cm³/mol. The molecule has 0 aromatic carbocycles. The molecule has 0 saturated heterocycles. The van der Waals surface area contributed by atoms with E-state index >= 15 is 0 Å². The fourth-order valence-electron chi connectivity index (χ4n) is 0.740. The molecule has 0 aromatic rings. The second kappa shape index (κ2) is 4.54. The van der Waals surface area contributed by atoms with Gasteiger partial charge in [-0.25, -0.2) is 0 Å². The van der Waals surface area contributed by atoms with Crippen molar-refractivity contribution in [3.63, 3.8) is 0 Å². The molecule has 0 radical (unpaired) electrons. The van der Waals surface area contributed by atoms with Gasteiger partial charge in [-0.15, -0.1) is 0 Å². The predicted octanol–water partition coefficient (Wildman–Crippen LogP) is 2.51. The quantitative estimate of drug-likeness (QED) is 0.516. The first kappa shape index (κ1) is 8.67. The van der Waals surface area contributed by atoms with Crippen LogP contribution in [0.2, 0.25) is 0 Å². The molecule has 1 unspecified atom stereocenters. The Morgan fingerprint density at radius 3 is 2.44 bits per heavy atom. The van der Waals surface area contributed by atoms with E-state index in [0.29, 0.717) is 0 Å². The Morgan fingerprint density at radius 2 is 2.11 bits per heavy atom. The topological polar surface area (TPSA) is 12.4 Å². The highest BCUT2D eigenvalue weighted by Gasteiger charge is 1.98. The minimum absolute atomic E-state index is 0.800. The normalized spacial score (nSPS) is 15.8. The van der Waals surface area contributed by atoms with Gasteiger partial charge in [-0.3, -0.25) is 4.99 Å². The van der Waals surface area contributed by atoms with Gasteiger partial charge in [0.05, 0.1) is 0 Å². The first-order valence-electron chi connectivity index (χ1n) is 3.63. The first-order valence-corrected chi connectivity index (χ1v) is 3.63. The standard InChI is InChI=1S/C8H17N/c1-5-7(2)6-8(3)9-4/h7H,5-6H2,1-4H3/b9-8+. The van der Waals surface area contributed by atoms with Gasteiger partial charge in [0.15, 0.2) is 0 Å². The van der Waals surface area contributed by atoms with Crippen molar-refractivity contribution in [1.29, 1.82) is 0 Å². The van der Waals surface area contributed by atoms with Crippen LogP contribution in [0.25, 0.3) is 0 Å². The highest BCUT2D eigenvalue weighted by Crippen LogP contribution is 2.06. The van der Waals surface area contributed by atoms with E-state index in [4.69, 9.17) is 0 Å². The Morgan fingerprint density at radius 1 is 1.56 bits per heavy atom. The molecule has 0 aliphatic rings. The third-order valence-corrected chi connectivity index (χ3v) is 1.72. The van der Waals surface area contributed by atoms with Crippen molar-refractivity contribution >= 4 is 5.71 Å². The maximum atomic E-state index is 4.09. The average Bonchev–Trinajstić information content (AvgIpc) is 1.87. The molecule has 0 amide bonds. The molecule has 9 heavy (non-hydrogen) atoms. The zero-order valence-electron chi connectivity index (χ0n) is 6.94. The lowest BCUT2D eigenvalue weighted by Gasteiger charge is -2.05. The fraction of sp³-hybridized carbons (Fsp3) is 0.875. The van der Waals surface area contributed by atoms with Gasteiger partial charge in [-0.1, -0.05) is 20.3 Å². The van der Waals surface area contributed by atoms with Crippen LogP contribution in [0.5, 0.6) is 0 Å². The van der Waals surface area contributed by atoms with E-state index in [0.717, 1.165) is 12.3 Å². The van der Waals surface area contributed by atoms with E-state index in [1.165, 1.54) is 12.1 Å². The van der Waals surface area contributed by atoms with Gasteiger partial charge in [0.2, 0.25) is 0 Å². The Hall–Kier alpha value is -0.330. The van der Waals surface area contributed by atoms with Gasteiger partial charge in [0, 0.05) is 12.8 Å². The molecule has 0 aliphatic carbocycles. The van der Waals surface area contributed by atoms with Gasteiger partial charge in [0.1, 0.15) is 0 Å². The van der Waals surface area contributed by atoms with Gasteiger partial charge in [0.25, 0.3) is 0 Å². The van der Waals surface area contributed by atoms with E-state index in [9.17, 15) is 0 Å². The Labute approximate surface area is 58.2 Å². The number of rotatable bonds is 3. The molecule has 1 atom stereocenters. The summed E-state index contributed by atoms with van der Waals surface area (Å²) >= 11 is 0. The van der Waals surface area contributed by atoms with Gasteiger partial charge in [-0.2, -0.15) is 0 Å². The Bertz CT molecular complexity index is 94.7. The number of hydrogen-bond acceptors (Lipinski definition) is 1. The zero-order valence-corrected chi connectivity index (χ0v) is 6.94. The fourth-order valence-corrected chi connectivity index (χ4v) is 0.740. The van der Waals surface area contributed by atoms with Crippen molar-refractivity contribution in [2.75, 3.05) is 7.05 Å². The van der Waals surface area contributed by atoms with Crippen LogP contribution in [0.3, 0.4) is 0 Å². The molecule has 0 heterocycles. The van der Waals surface area contributed by atoms with Crippen molar-refractivity contribution in [1.82, 2.24) is 0 Å². The monoisotopic (exact) mass is 127 g/mol. The first-order chi connectivity index (χ1) is 4.20. The van der Waals surface area contributed by atoms with Crippen LogP contribution in [0, 0.1) is 5.92 Å². The molecule has 1 nitrogen and oxygen atoms in total. The molecule has 0 spiro atoms. The molecule has 0 bridgehead atoms. The highest BCUT2D eigenvalue weighted by atomic mass is 14.7. The van der Waals surface area contributed by atoms with Gasteiger partial charge in [-0.05, 0) is 19.3 Å². The van der Waals surface area contributed by atoms with Gasteiger partial charge < -0.3 is 0 Å². The van der Waals surface area contributed by atoms with Crippen LogP contribution in [-0.4, -0.2) is 12.8 Å². The van der Waals surface area contributed by atoms with Crippen LogP contribution in [0.1, 0.15) is 33.6 Å². The van der Waals surface area contributed by atoms with E-state index in [1.54, 1.807) is 0 Å².